The van der Waals surface area contributed by atoms with Gasteiger partial charge in [-0.2, -0.15) is 0 Å². The molecule has 6 nitrogen and oxygen atoms in total. The van der Waals surface area contributed by atoms with Crippen LogP contribution < -0.4 is 10.2 Å². The number of rotatable bonds is 3. The van der Waals surface area contributed by atoms with Crippen molar-refractivity contribution in [1.29, 1.82) is 0 Å². The highest BCUT2D eigenvalue weighted by atomic mass is 79.9. The zero-order valence-electron chi connectivity index (χ0n) is 18.5. The number of carbonyl (C=O) groups excluding carboxylic acids is 3. The predicted molar refractivity (Wildman–Crippen MR) is 136 cm³/mol. The second kappa shape index (κ2) is 8.43. The van der Waals surface area contributed by atoms with Crippen molar-refractivity contribution in [2.24, 2.45) is 0 Å². The smallest absolute Gasteiger partial charge is 0.317 e. The average molecular weight is 514 g/mol. The maximum Gasteiger partial charge on any atom is 0.335 e. The van der Waals surface area contributed by atoms with Crippen molar-refractivity contribution in [3.05, 3.63) is 99.8 Å². The van der Waals surface area contributed by atoms with E-state index in [0.717, 1.165) is 42.8 Å². The zero-order valence-corrected chi connectivity index (χ0v) is 20.1. The summed E-state index contributed by atoms with van der Waals surface area (Å²) < 4.78 is 2.92. The lowest BCUT2D eigenvalue weighted by Crippen LogP contribution is -2.54. The standard InChI is InChI=1S/C27H20BrN3O3/c1-16-14-19(17(2)30(16)24-9-5-7-18-6-3-4-8-22(18)24)15-23-25(32)29-27(34)31(26(23)33)21-12-10-20(28)11-13-21/h3-15H,1-2H3,(H,29,32,34). The molecule has 3 aromatic carbocycles. The fraction of sp³-hybridized carbons (Fsp3) is 0.0741. The Morgan fingerprint density at radius 2 is 1.59 bits per heavy atom. The van der Waals surface area contributed by atoms with E-state index in [2.05, 4.69) is 44.0 Å². The van der Waals surface area contributed by atoms with Gasteiger partial charge in [-0.25, -0.2) is 9.69 Å². The summed E-state index contributed by atoms with van der Waals surface area (Å²) in [6, 6.07) is 22.2. The first-order chi connectivity index (χ1) is 16.3. The molecule has 7 heteroatoms. The maximum atomic E-state index is 13.2. The molecule has 0 atom stereocenters. The SMILES string of the molecule is Cc1cc(C=C2C(=O)NC(=O)N(c3ccc(Br)cc3)C2=O)c(C)n1-c1cccc2ccccc12. The first-order valence-electron chi connectivity index (χ1n) is 10.7. The Labute approximate surface area is 204 Å². The highest BCUT2D eigenvalue weighted by molar-refractivity contribution is 9.10. The predicted octanol–water partition coefficient (Wildman–Crippen LogP) is 5.68. The van der Waals surface area contributed by atoms with Crippen LogP contribution in [0, 0.1) is 13.8 Å². The molecule has 4 amide bonds. The van der Waals surface area contributed by atoms with Crippen LogP contribution in [0.25, 0.3) is 22.5 Å². The fourth-order valence-electron chi connectivity index (χ4n) is 4.35. The number of hydrogen-bond donors (Lipinski definition) is 1. The summed E-state index contributed by atoms with van der Waals surface area (Å²) in [6.45, 7) is 3.93. The third-order valence-electron chi connectivity index (χ3n) is 5.96. The number of nitrogens with one attached hydrogen (secondary N) is 1. The molecule has 34 heavy (non-hydrogen) atoms. The fourth-order valence-corrected chi connectivity index (χ4v) is 4.61. The number of fused-ring (bicyclic) bond motifs is 1. The van der Waals surface area contributed by atoms with E-state index in [9.17, 15) is 14.4 Å². The number of imide groups is 2. The van der Waals surface area contributed by atoms with Crippen LogP contribution >= 0.6 is 15.9 Å². The quantitative estimate of drug-likeness (QED) is 0.283. The lowest BCUT2D eigenvalue weighted by molar-refractivity contribution is -0.122. The van der Waals surface area contributed by atoms with Gasteiger partial charge in [0, 0.05) is 21.2 Å². The average Bonchev–Trinajstić information content (AvgIpc) is 3.10. The van der Waals surface area contributed by atoms with Crippen LogP contribution in [-0.2, 0) is 9.59 Å². The summed E-state index contributed by atoms with van der Waals surface area (Å²) >= 11 is 3.34. The molecule has 1 aliphatic rings. The molecule has 0 unspecified atom stereocenters. The van der Waals surface area contributed by atoms with Crippen LogP contribution in [0.5, 0.6) is 0 Å². The molecule has 1 aliphatic heterocycles. The maximum absolute atomic E-state index is 13.2. The summed E-state index contributed by atoms with van der Waals surface area (Å²) in [4.78, 5) is 39.3. The molecule has 2 heterocycles. The topological polar surface area (TPSA) is 71.4 Å². The highest BCUT2D eigenvalue weighted by Crippen LogP contribution is 2.29. The third kappa shape index (κ3) is 3.64. The van der Waals surface area contributed by atoms with Crippen LogP contribution in [0.2, 0.25) is 0 Å². The molecule has 1 fully saturated rings. The number of amides is 4. The summed E-state index contributed by atoms with van der Waals surface area (Å²) in [5, 5.41) is 4.50. The number of aryl methyl sites for hydroxylation is 1. The minimum atomic E-state index is -0.768. The molecule has 1 saturated heterocycles. The van der Waals surface area contributed by atoms with Crippen molar-refractivity contribution in [2.45, 2.75) is 13.8 Å². The number of barbiturate groups is 1. The largest absolute Gasteiger partial charge is 0.335 e. The van der Waals surface area contributed by atoms with Crippen molar-refractivity contribution in [2.75, 3.05) is 4.90 Å². The number of halogens is 1. The Balaban J connectivity index is 1.59. The normalized spacial score (nSPS) is 15.3. The Hall–Kier alpha value is -3.97. The van der Waals surface area contributed by atoms with E-state index in [-0.39, 0.29) is 5.57 Å². The molecule has 1 aromatic heterocycles. The van der Waals surface area contributed by atoms with Crippen molar-refractivity contribution in [3.63, 3.8) is 0 Å². The van der Waals surface area contributed by atoms with Gasteiger partial charge >= 0.3 is 6.03 Å². The number of aromatic nitrogens is 1. The number of benzene rings is 3. The molecule has 4 aromatic rings. The van der Waals surface area contributed by atoms with Crippen LogP contribution in [0.15, 0.2) is 82.8 Å². The summed E-state index contributed by atoms with van der Waals surface area (Å²) in [5.74, 6) is -1.37. The van der Waals surface area contributed by atoms with E-state index in [0.29, 0.717) is 5.69 Å². The van der Waals surface area contributed by atoms with E-state index < -0.39 is 17.8 Å². The van der Waals surface area contributed by atoms with Crippen molar-refractivity contribution >= 4 is 56.3 Å². The van der Waals surface area contributed by atoms with Gasteiger partial charge in [0.25, 0.3) is 11.8 Å². The molecule has 168 valence electrons. The minimum absolute atomic E-state index is 0.0966. The van der Waals surface area contributed by atoms with Crippen LogP contribution in [0.4, 0.5) is 10.5 Å². The first-order valence-corrected chi connectivity index (χ1v) is 11.5. The van der Waals surface area contributed by atoms with Gasteiger partial charge in [-0.3, -0.25) is 14.9 Å². The van der Waals surface area contributed by atoms with Gasteiger partial charge in [-0.05, 0) is 67.3 Å². The van der Waals surface area contributed by atoms with Gasteiger partial charge < -0.3 is 4.57 Å². The molecule has 0 aliphatic carbocycles. The van der Waals surface area contributed by atoms with E-state index in [1.165, 1.54) is 0 Å². The Morgan fingerprint density at radius 1 is 0.882 bits per heavy atom. The van der Waals surface area contributed by atoms with Gasteiger partial charge in [0.2, 0.25) is 0 Å². The Kier molecular flexibility index (Phi) is 5.42. The van der Waals surface area contributed by atoms with Gasteiger partial charge in [-0.1, -0.05) is 52.3 Å². The summed E-state index contributed by atoms with van der Waals surface area (Å²) in [7, 11) is 0. The summed E-state index contributed by atoms with van der Waals surface area (Å²) in [5.41, 5.74) is 3.88. The molecule has 0 radical (unpaired) electrons. The molecule has 1 N–H and O–H groups in total. The number of nitrogens with zero attached hydrogens (tertiary/aromatic N) is 2. The van der Waals surface area contributed by atoms with E-state index in [1.807, 2.05) is 44.2 Å². The van der Waals surface area contributed by atoms with Gasteiger partial charge in [0.1, 0.15) is 5.57 Å². The van der Waals surface area contributed by atoms with Crippen molar-refractivity contribution in [3.8, 4) is 5.69 Å². The van der Waals surface area contributed by atoms with Crippen molar-refractivity contribution in [1.82, 2.24) is 9.88 Å². The van der Waals surface area contributed by atoms with E-state index in [4.69, 9.17) is 0 Å². The Morgan fingerprint density at radius 3 is 2.35 bits per heavy atom. The van der Waals surface area contributed by atoms with E-state index >= 15 is 0 Å². The monoisotopic (exact) mass is 513 g/mol. The second-order valence-corrected chi connectivity index (χ2v) is 9.01. The molecular formula is C27H20BrN3O3. The second-order valence-electron chi connectivity index (χ2n) is 8.09. The minimum Gasteiger partial charge on any atom is -0.317 e. The van der Waals surface area contributed by atoms with E-state index in [1.54, 1.807) is 30.3 Å². The van der Waals surface area contributed by atoms with Crippen LogP contribution in [0.1, 0.15) is 17.0 Å². The molecule has 5 rings (SSSR count). The molecule has 0 saturated carbocycles. The zero-order chi connectivity index (χ0) is 24.0. The summed E-state index contributed by atoms with van der Waals surface area (Å²) in [6.07, 6.45) is 1.56. The van der Waals surface area contributed by atoms with Crippen LogP contribution in [0.3, 0.4) is 0 Å². The number of anilines is 1. The van der Waals surface area contributed by atoms with Gasteiger partial charge in [0.15, 0.2) is 0 Å². The lowest BCUT2D eigenvalue weighted by Gasteiger charge is -2.26. The number of urea groups is 1. The van der Waals surface area contributed by atoms with Gasteiger partial charge in [0.05, 0.1) is 11.4 Å². The van der Waals surface area contributed by atoms with Gasteiger partial charge in [-0.15, -0.1) is 0 Å². The first kappa shape index (κ1) is 21.9. The van der Waals surface area contributed by atoms with Crippen LogP contribution in [-0.4, -0.2) is 22.4 Å². The third-order valence-corrected chi connectivity index (χ3v) is 6.49. The molecule has 0 spiro atoms. The van der Waals surface area contributed by atoms with Crippen molar-refractivity contribution < 1.29 is 14.4 Å². The number of carbonyl (C=O) groups is 3. The highest BCUT2D eigenvalue weighted by Gasteiger charge is 2.37. The lowest BCUT2D eigenvalue weighted by atomic mass is 10.1. The molecule has 0 bridgehead atoms. The molecular weight excluding hydrogens is 494 g/mol. The Bertz CT molecular complexity index is 1510. The number of hydrogen-bond acceptors (Lipinski definition) is 3.